The first kappa shape index (κ1) is 24.0. The van der Waals surface area contributed by atoms with Gasteiger partial charge in [0.25, 0.3) is 0 Å². The molecule has 1 fully saturated rings. The standard InChI is InChI=1S/C21H27N7.2ClH/c1-2-7-24-16-6-8-28(13-16)20-18-4-3-5-19(18)26-21(27-20)25-17-10-14(12-22)9-15(23)11-17;;/h9-11,16,24H,2-8,13,23H2,1H3,(H,25,26,27);2*1H/t16-;;/m0../s1. The fraction of sp³-hybridized carbons (Fsp3) is 0.476. The molecule has 0 saturated carbocycles. The van der Waals surface area contributed by atoms with Crippen LogP contribution in [0.25, 0.3) is 0 Å². The lowest BCUT2D eigenvalue weighted by Gasteiger charge is -2.22. The largest absolute Gasteiger partial charge is 0.399 e. The van der Waals surface area contributed by atoms with Crippen LogP contribution in [0.15, 0.2) is 18.2 Å². The number of benzene rings is 1. The quantitative estimate of drug-likeness (QED) is 0.578. The van der Waals surface area contributed by atoms with Crippen LogP contribution in [0.4, 0.5) is 23.1 Å². The summed E-state index contributed by atoms with van der Waals surface area (Å²) in [6.07, 6.45) is 5.46. The number of nitriles is 1. The zero-order valence-corrected chi connectivity index (χ0v) is 18.8. The average Bonchev–Trinajstić information content (AvgIpc) is 3.34. The lowest BCUT2D eigenvalue weighted by atomic mass is 10.2. The third kappa shape index (κ3) is 5.25. The van der Waals surface area contributed by atoms with Crippen molar-refractivity contribution < 1.29 is 0 Å². The number of nitrogens with zero attached hydrogens (tertiary/aromatic N) is 4. The minimum Gasteiger partial charge on any atom is -0.399 e. The van der Waals surface area contributed by atoms with Gasteiger partial charge in [0.2, 0.25) is 5.95 Å². The minimum atomic E-state index is 0. The fourth-order valence-corrected chi connectivity index (χ4v) is 4.12. The molecule has 4 N–H and O–H groups in total. The van der Waals surface area contributed by atoms with E-state index in [4.69, 9.17) is 15.7 Å². The number of aromatic nitrogens is 2. The first-order chi connectivity index (χ1) is 13.7. The monoisotopic (exact) mass is 449 g/mol. The summed E-state index contributed by atoms with van der Waals surface area (Å²) in [7, 11) is 0. The molecule has 1 aromatic carbocycles. The number of halogens is 2. The number of anilines is 4. The first-order valence-corrected chi connectivity index (χ1v) is 10.1. The summed E-state index contributed by atoms with van der Waals surface area (Å²) < 4.78 is 0. The predicted octanol–water partition coefficient (Wildman–Crippen LogP) is 3.58. The van der Waals surface area contributed by atoms with Crippen LogP contribution in [0, 0.1) is 11.3 Å². The van der Waals surface area contributed by atoms with Crippen molar-refractivity contribution in [3.8, 4) is 6.07 Å². The summed E-state index contributed by atoms with van der Waals surface area (Å²) in [5.74, 6) is 1.64. The lowest BCUT2D eigenvalue weighted by Crippen LogP contribution is -2.33. The van der Waals surface area contributed by atoms with Crippen LogP contribution in [0.2, 0.25) is 0 Å². The van der Waals surface area contributed by atoms with Gasteiger partial charge in [0.1, 0.15) is 5.82 Å². The predicted molar refractivity (Wildman–Crippen MR) is 126 cm³/mol. The van der Waals surface area contributed by atoms with Crippen LogP contribution in [0.1, 0.15) is 43.0 Å². The second-order valence-corrected chi connectivity index (χ2v) is 7.62. The molecule has 1 aromatic heterocycles. The van der Waals surface area contributed by atoms with Gasteiger partial charge in [-0.3, -0.25) is 0 Å². The smallest absolute Gasteiger partial charge is 0.229 e. The molecule has 162 valence electrons. The fourth-order valence-electron chi connectivity index (χ4n) is 4.12. The Hall–Kier alpha value is -2.27. The number of hydrogen-bond acceptors (Lipinski definition) is 7. The molecule has 7 nitrogen and oxygen atoms in total. The molecule has 9 heteroatoms. The average molecular weight is 450 g/mol. The van der Waals surface area contributed by atoms with Crippen LogP contribution >= 0.6 is 24.8 Å². The van der Waals surface area contributed by atoms with Crippen LogP contribution in [0.3, 0.4) is 0 Å². The molecule has 1 atom stereocenters. The van der Waals surface area contributed by atoms with Gasteiger partial charge in [0, 0.05) is 36.1 Å². The van der Waals surface area contributed by atoms with Crippen molar-refractivity contribution in [3.05, 3.63) is 35.0 Å². The molecular weight excluding hydrogens is 421 g/mol. The highest BCUT2D eigenvalue weighted by Gasteiger charge is 2.28. The molecule has 1 aliphatic carbocycles. The maximum absolute atomic E-state index is 9.18. The summed E-state index contributed by atoms with van der Waals surface area (Å²) in [4.78, 5) is 12.0. The van der Waals surface area contributed by atoms with Gasteiger partial charge >= 0.3 is 0 Å². The number of aryl methyl sites for hydroxylation is 1. The number of rotatable bonds is 6. The highest BCUT2D eigenvalue weighted by molar-refractivity contribution is 5.85. The van der Waals surface area contributed by atoms with E-state index in [1.807, 2.05) is 0 Å². The Labute approximate surface area is 190 Å². The summed E-state index contributed by atoms with van der Waals surface area (Å²) >= 11 is 0. The molecular formula is C21H29Cl2N7. The number of nitrogen functional groups attached to an aromatic ring is 1. The van der Waals surface area contributed by atoms with E-state index in [1.54, 1.807) is 18.2 Å². The van der Waals surface area contributed by atoms with Crippen LogP contribution in [-0.4, -0.2) is 35.6 Å². The third-order valence-corrected chi connectivity index (χ3v) is 5.42. The van der Waals surface area contributed by atoms with Gasteiger partial charge in [-0.15, -0.1) is 24.8 Å². The molecule has 2 heterocycles. The Morgan fingerprint density at radius 2 is 2.07 bits per heavy atom. The number of nitrogens with one attached hydrogen (secondary N) is 2. The van der Waals surface area contributed by atoms with E-state index in [2.05, 4.69) is 28.5 Å². The van der Waals surface area contributed by atoms with Gasteiger partial charge in [-0.2, -0.15) is 10.2 Å². The Bertz CT molecular complexity index is 913. The normalized spacial score (nSPS) is 16.9. The maximum Gasteiger partial charge on any atom is 0.229 e. The summed E-state index contributed by atoms with van der Waals surface area (Å²) in [5, 5.41) is 16.1. The van der Waals surface area contributed by atoms with Crippen LogP contribution < -0.4 is 21.3 Å². The van der Waals surface area contributed by atoms with Gasteiger partial charge in [-0.1, -0.05) is 6.92 Å². The van der Waals surface area contributed by atoms with Crippen molar-refractivity contribution in [2.24, 2.45) is 0 Å². The molecule has 0 radical (unpaired) electrons. The maximum atomic E-state index is 9.18. The van der Waals surface area contributed by atoms with Crippen molar-refractivity contribution in [1.29, 1.82) is 5.26 Å². The topological polar surface area (TPSA) is 103 Å². The Morgan fingerprint density at radius 3 is 2.83 bits per heavy atom. The molecule has 0 unspecified atom stereocenters. The SMILES string of the molecule is CCCN[C@H]1CCN(c2nc(Nc3cc(N)cc(C#N)c3)nc3c2CCC3)C1.Cl.Cl. The number of fused-ring (bicyclic) bond motifs is 1. The number of nitrogens with two attached hydrogens (primary N) is 1. The van der Waals surface area contributed by atoms with Crippen molar-refractivity contribution in [3.63, 3.8) is 0 Å². The first-order valence-electron chi connectivity index (χ1n) is 10.1. The summed E-state index contributed by atoms with van der Waals surface area (Å²) in [6.45, 7) is 5.26. The molecule has 30 heavy (non-hydrogen) atoms. The molecule has 4 rings (SSSR count). The Morgan fingerprint density at radius 1 is 1.23 bits per heavy atom. The second kappa shape index (κ2) is 10.7. The highest BCUT2D eigenvalue weighted by Crippen LogP contribution is 2.32. The van der Waals surface area contributed by atoms with Gasteiger partial charge in [0.15, 0.2) is 0 Å². The zero-order valence-electron chi connectivity index (χ0n) is 17.1. The second-order valence-electron chi connectivity index (χ2n) is 7.62. The van der Waals surface area contributed by atoms with Gasteiger partial charge < -0.3 is 21.3 Å². The van der Waals surface area contributed by atoms with E-state index in [1.165, 1.54) is 5.56 Å². The van der Waals surface area contributed by atoms with E-state index in [9.17, 15) is 5.26 Å². The van der Waals surface area contributed by atoms with Crippen LogP contribution in [-0.2, 0) is 12.8 Å². The Kier molecular flexibility index (Phi) is 8.54. The minimum absolute atomic E-state index is 0. The molecule has 0 spiro atoms. The molecule has 0 amide bonds. The summed E-state index contributed by atoms with van der Waals surface area (Å²) in [5.41, 5.74) is 10.2. The van der Waals surface area contributed by atoms with Gasteiger partial charge in [-0.25, -0.2) is 4.98 Å². The molecule has 1 saturated heterocycles. The van der Waals surface area contributed by atoms with E-state index in [-0.39, 0.29) is 24.8 Å². The van der Waals surface area contributed by atoms with Crippen molar-refractivity contribution in [1.82, 2.24) is 15.3 Å². The molecule has 2 aromatic rings. The van der Waals surface area contributed by atoms with E-state index < -0.39 is 0 Å². The van der Waals surface area contributed by atoms with Crippen LogP contribution in [0.5, 0.6) is 0 Å². The van der Waals surface area contributed by atoms with E-state index in [0.717, 1.165) is 68.9 Å². The molecule has 1 aliphatic heterocycles. The van der Waals surface area contributed by atoms with Gasteiger partial charge in [-0.05, 0) is 56.8 Å². The van der Waals surface area contributed by atoms with Crippen molar-refractivity contribution in [2.45, 2.75) is 45.1 Å². The van der Waals surface area contributed by atoms with Crippen molar-refractivity contribution >= 4 is 48.0 Å². The van der Waals surface area contributed by atoms with Crippen molar-refractivity contribution in [2.75, 3.05) is 35.6 Å². The zero-order chi connectivity index (χ0) is 19.5. The van der Waals surface area contributed by atoms with Gasteiger partial charge in [0.05, 0.1) is 17.3 Å². The lowest BCUT2D eigenvalue weighted by molar-refractivity contribution is 0.549. The highest BCUT2D eigenvalue weighted by atomic mass is 35.5. The van der Waals surface area contributed by atoms with E-state index in [0.29, 0.717) is 23.2 Å². The Balaban J connectivity index is 0.00000160. The third-order valence-electron chi connectivity index (χ3n) is 5.42. The molecule has 2 aliphatic rings. The summed E-state index contributed by atoms with van der Waals surface area (Å²) in [6, 6.07) is 7.90. The number of hydrogen-bond donors (Lipinski definition) is 3. The van der Waals surface area contributed by atoms with E-state index >= 15 is 0 Å². The molecule has 0 bridgehead atoms.